The molecule has 1 saturated carbocycles. The first-order valence-electron chi connectivity index (χ1n) is 9.10. The standard InChI is InChI=1S/C17H27N5O.2ClH/c23-16(17-6-2-1-5-15(17)8-18-11-17)21-7-3-4-14(9-21)10-22-13-19-12-20-22;;/h12-15,18H,1-11H2;2*1H/t14?,15-,17+;;/m0../s1. The largest absolute Gasteiger partial charge is 0.342 e. The van der Waals surface area contributed by atoms with E-state index in [1.807, 2.05) is 4.68 Å². The van der Waals surface area contributed by atoms with Gasteiger partial charge in [-0.2, -0.15) is 5.10 Å². The summed E-state index contributed by atoms with van der Waals surface area (Å²) in [5, 5.41) is 7.72. The molecule has 2 saturated heterocycles. The normalized spacial score (nSPS) is 31.6. The molecule has 3 fully saturated rings. The van der Waals surface area contributed by atoms with Gasteiger partial charge < -0.3 is 10.2 Å². The number of halogens is 2. The summed E-state index contributed by atoms with van der Waals surface area (Å²) in [6, 6.07) is 0. The highest BCUT2D eigenvalue weighted by atomic mass is 35.5. The average Bonchev–Trinajstić information content (AvgIpc) is 3.24. The van der Waals surface area contributed by atoms with E-state index in [2.05, 4.69) is 20.3 Å². The number of fused-ring (bicyclic) bond motifs is 1. The zero-order valence-electron chi connectivity index (χ0n) is 14.6. The number of rotatable bonds is 3. The van der Waals surface area contributed by atoms with Crippen LogP contribution in [-0.2, 0) is 11.3 Å². The van der Waals surface area contributed by atoms with Gasteiger partial charge in [0.05, 0.1) is 5.41 Å². The minimum absolute atomic E-state index is 0. The van der Waals surface area contributed by atoms with Crippen molar-refractivity contribution in [1.82, 2.24) is 25.0 Å². The van der Waals surface area contributed by atoms with Crippen molar-refractivity contribution >= 4 is 30.7 Å². The number of likely N-dealkylation sites (tertiary alicyclic amines) is 1. The number of hydrogen-bond donors (Lipinski definition) is 1. The number of carbonyl (C=O) groups excluding carboxylic acids is 1. The van der Waals surface area contributed by atoms with Gasteiger partial charge in [0.15, 0.2) is 0 Å². The monoisotopic (exact) mass is 389 g/mol. The van der Waals surface area contributed by atoms with Crippen LogP contribution in [0.25, 0.3) is 0 Å². The smallest absolute Gasteiger partial charge is 0.230 e. The minimum atomic E-state index is -0.104. The third kappa shape index (κ3) is 3.96. The van der Waals surface area contributed by atoms with E-state index in [-0.39, 0.29) is 30.2 Å². The van der Waals surface area contributed by atoms with Crippen molar-refractivity contribution in [3.63, 3.8) is 0 Å². The number of aromatic nitrogens is 3. The number of carbonyl (C=O) groups is 1. The van der Waals surface area contributed by atoms with Gasteiger partial charge in [0.25, 0.3) is 0 Å². The number of nitrogens with zero attached hydrogens (tertiary/aromatic N) is 4. The van der Waals surface area contributed by atoms with Gasteiger partial charge in [0, 0.05) is 26.2 Å². The number of hydrogen-bond acceptors (Lipinski definition) is 4. The fraction of sp³-hybridized carbons (Fsp3) is 0.824. The van der Waals surface area contributed by atoms with Crippen LogP contribution in [0.5, 0.6) is 0 Å². The minimum Gasteiger partial charge on any atom is -0.342 e. The lowest BCUT2D eigenvalue weighted by atomic mass is 9.67. The van der Waals surface area contributed by atoms with E-state index in [1.54, 1.807) is 12.7 Å². The van der Waals surface area contributed by atoms with Crippen LogP contribution in [0, 0.1) is 17.3 Å². The van der Waals surface area contributed by atoms with Gasteiger partial charge in [-0.3, -0.25) is 9.48 Å². The van der Waals surface area contributed by atoms with Crippen LogP contribution in [0.15, 0.2) is 12.7 Å². The van der Waals surface area contributed by atoms with E-state index in [1.165, 1.54) is 25.7 Å². The fourth-order valence-corrected chi connectivity index (χ4v) is 4.97. The first-order valence-corrected chi connectivity index (χ1v) is 9.10. The van der Waals surface area contributed by atoms with E-state index in [4.69, 9.17) is 0 Å². The van der Waals surface area contributed by atoms with Gasteiger partial charge in [-0.15, -0.1) is 24.8 Å². The Hall–Kier alpha value is -0.850. The Morgan fingerprint density at radius 1 is 1.24 bits per heavy atom. The molecule has 1 aromatic rings. The quantitative estimate of drug-likeness (QED) is 0.859. The molecule has 1 amide bonds. The molecule has 1 unspecified atom stereocenters. The lowest BCUT2D eigenvalue weighted by Gasteiger charge is -2.43. The molecule has 2 aliphatic heterocycles. The summed E-state index contributed by atoms with van der Waals surface area (Å²) in [6.07, 6.45) is 10.4. The Kier molecular flexibility index (Phi) is 7.11. The molecule has 8 heteroatoms. The molecule has 3 atom stereocenters. The predicted molar refractivity (Wildman–Crippen MR) is 101 cm³/mol. The lowest BCUT2D eigenvalue weighted by molar-refractivity contribution is -0.147. The number of piperidine rings is 1. The van der Waals surface area contributed by atoms with Crippen LogP contribution in [0.4, 0.5) is 0 Å². The molecule has 0 aromatic carbocycles. The Morgan fingerprint density at radius 3 is 2.92 bits per heavy atom. The van der Waals surface area contributed by atoms with Gasteiger partial charge in [-0.1, -0.05) is 12.8 Å². The lowest BCUT2D eigenvalue weighted by Crippen LogP contribution is -2.52. The van der Waals surface area contributed by atoms with Crippen molar-refractivity contribution in [3.05, 3.63) is 12.7 Å². The molecular formula is C17H29Cl2N5O. The molecule has 25 heavy (non-hydrogen) atoms. The van der Waals surface area contributed by atoms with Crippen LogP contribution < -0.4 is 5.32 Å². The summed E-state index contributed by atoms with van der Waals surface area (Å²) in [4.78, 5) is 19.5. The Bertz CT molecular complexity index is 555. The van der Waals surface area contributed by atoms with Crippen LogP contribution in [0.1, 0.15) is 38.5 Å². The zero-order valence-corrected chi connectivity index (χ0v) is 16.2. The molecule has 1 aromatic heterocycles. The van der Waals surface area contributed by atoms with Gasteiger partial charge in [0.1, 0.15) is 12.7 Å². The average molecular weight is 390 g/mol. The topological polar surface area (TPSA) is 63.1 Å². The molecule has 142 valence electrons. The van der Waals surface area contributed by atoms with Crippen molar-refractivity contribution in [3.8, 4) is 0 Å². The third-order valence-corrected chi connectivity index (χ3v) is 6.18. The Morgan fingerprint density at radius 2 is 2.12 bits per heavy atom. The summed E-state index contributed by atoms with van der Waals surface area (Å²) >= 11 is 0. The first kappa shape index (κ1) is 20.5. The molecule has 0 spiro atoms. The molecule has 0 bridgehead atoms. The summed E-state index contributed by atoms with van der Waals surface area (Å²) in [5.74, 6) is 1.48. The summed E-state index contributed by atoms with van der Waals surface area (Å²) in [6.45, 7) is 4.61. The highest BCUT2D eigenvalue weighted by Gasteiger charge is 2.51. The van der Waals surface area contributed by atoms with E-state index < -0.39 is 0 Å². The maximum absolute atomic E-state index is 13.4. The van der Waals surface area contributed by atoms with Crippen molar-refractivity contribution in [1.29, 1.82) is 0 Å². The van der Waals surface area contributed by atoms with Crippen molar-refractivity contribution in [2.75, 3.05) is 26.2 Å². The number of amides is 1. The molecule has 1 N–H and O–H groups in total. The van der Waals surface area contributed by atoms with E-state index >= 15 is 0 Å². The summed E-state index contributed by atoms with van der Waals surface area (Å²) in [7, 11) is 0. The van der Waals surface area contributed by atoms with Crippen LogP contribution >= 0.6 is 24.8 Å². The zero-order chi connectivity index (χ0) is 15.7. The fourth-order valence-electron chi connectivity index (χ4n) is 4.97. The second kappa shape index (κ2) is 8.69. The van der Waals surface area contributed by atoms with Crippen LogP contribution in [0.3, 0.4) is 0 Å². The molecule has 0 radical (unpaired) electrons. The molecule has 4 rings (SSSR count). The maximum atomic E-state index is 13.4. The third-order valence-electron chi connectivity index (χ3n) is 6.18. The second-order valence-corrected chi connectivity index (χ2v) is 7.61. The van der Waals surface area contributed by atoms with E-state index in [0.29, 0.717) is 17.7 Å². The highest BCUT2D eigenvalue weighted by molar-refractivity contribution is 5.85. The number of nitrogens with one attached hydrogen (secondary N) is 1. The van der Waals surface area contributed by atoms with Gasteiger partial charge in [-0.25, -0.2) is 4.98 Å². The molecule has 3 heterocycles. The maximum Gasteiger partial charge on any atom is 0.230 e. The van der Waals surface area contributed by atoms with Gasteiger partial charge in [-0.05, 0) is 44.1 Å². The van der Waals surface area contributed by atoms with E-state index in [0.717, 1.165) is 45.6 Å². The molecular weight excluding hydrogens is 361 g/mol. The van der Waals surface area contributed by atoms with Gasteiger partial charge in [0.2, 0.25) is 5.91 Å². The summed E-state index contributed by atoms with van der Waals surface area (Å²) in [5.41, 5.74) is -0.104. The van der Waals surface area contributed by atoms with Gasteiger partial charge >= 0.3 is 0 Å². The second-order valence-electron chi connectivity index (χ2n) is 7.61. The Balaban J connectivity index is 0.00000113. The molecule has 1 aliphatic carbocycles. The van der Waals surface area contributed by atoms with Crippen LogP contribution in [-0.4, -0.2) is 51.8 Å². The SMILES string of the molecule is Cl.Cl.O=C(N1CCCC(Cn2cncn2)C1)[C@@]12CCCC[C@H]1CNC2. The first-order chi connectivity index (χ1) is 11.3. The highest BCUT2D eigenvalue weighted by Crippen LogP contribution is 2.45. The van der Waals surface area contributed by atoms with E-state index in [9.17, 15) is 4.79 Å². The van der Waals surface area contributed by atoms with Crippen molar-refractivity contribution < 1.29 is 4.79 Å². The van der Waals surface area contributed by atoms with Crippen molar-refractivity contribution in [2.45, 2.75) is 45.1 Å². The summed E-state index contributed by atoms with van der Waals surface area (Å²) < 4.78 is 1.90. The Labute approximate surface area is 161 Å². The molecule has 3 aliphatic rings. The van der Waals surface area contributed by atoms with Crippen LogP contribution in [0.2, 0.25) is 0 Å². The predicted octanol–water partition coefficient (Wildman–Crippen LogP) is 2.14. The van der Waals surface area contributed by atoms with Crippen molar-refractivity contribution in [2.24, 2.45) is 17.3 Å². The molecule has 6 nitrogen and oxygen atoms in total.